The summed E-state index contributed by atoms with van der Waals surface area (Å²) in [6.45, 7) is 4.04. The van der Waals surface area contributed by atoms with Crippen molar-refractivity contribution in [3.05, 3.63) is 28.8 Å². The van der Waals surface area contributed by atoms with Crippen LogP contribution in [0.3, 0.4) is 0 Å². The highest BCUT2D eigenvalue weighted by molar-refractivity contribution is 7.89. The van der Waals surface area contributed by atoms with Crippen molar-refractivity contribution in [2.75, 3.05) is 13.6 Å². The molecule has 0 saturated carbocycles. The van der Waals surface area contributed by atoms with Gasteiger partial charge in [-0.15, -0.1) is 6.42 Å². The fraction of sp³-hybridized carbons (Fsp3) is 0.385. The lowest BCUT2D eigenvalue weighted by Crippen LogP contribution is -2.28. The zero-order valence-corrected chi connectivity index (χ0v) is 11.7. The molecule has 0 fully saturated rings. The molecule has 0 radical (unpaired) electrons. The average Bonchev–Trinajstić information content (AvgIpc) is 2.29. The normalized spacial score (nSPS) is 11.6. The van der Waals surface area contributed by atoms with Gasteiger partial charge in [0.25, 0.3) is 0 Å². The topological polar surface area (TPSA) is 63.4 Å². The Hall–Kier alpha value is -1.35. The quantitative estimate of drug-likeness (QED) is 0.827. The van der Waals surface area contributed by atoms with E-state index in [1.165, 1.54) is 7.05 Å². The number of hydrogen-bond acceptors (Lipinski definition) is 3. The molecule has 0 aliphatic carbocycles. The first kappa shape index (κ1) is 14.7. The molecule has 0 aromatic heterocycles. The molecule has 0 unspecified atom stereocenters. The lowest BCUT2D eigenvalue weighted by Gasteiger charge is -2.17. The van der Waals surface area contributed by atoms with Gasteiger partial charge in [0.15, 0.2) is 0 Å². The molecule has 0 aliphatic rings. The van der Waals surface area contributed by atoms with Crippen LogP contribution in [0.1, 0.15) is 16.7 Å². The molecule has 1 rings (SSSR count). The molecule has 5 heteroatoms. The zero-order chi connectivity index (χ0) is 13.9. The first-order valence-electron chi connectivity index (χ1n) is 5.54. The van der Waals surface area contributed by atoms with Crippen molar-refractivity contribution in [3.63, 3.8) is 0 Å². The molecule has 0 bridgehead atoms. The number of rotatable bonds is 4. The van der Waals surface area contributed by atoms with Gasteiger partial charge in [0, 0.05) is 13.6 Å². The van der Waals surface area contributed by atoms with Gasteiger partial charge in [0.1, 0.15) is 0 Å². The maximum Gasteiger partial charge on any atom is 0.243 e. The summed E-state index contributed by atoms with van der Waals surface area (Å²) >= 11 is 0. The first-order chi connectivity index (χ1) is 8.34. The number of hydrogen-bond donors (Lipinski definition) is 1. The van der Waals surface area contributed by atoms with Gasteiger partial charge in [-0.25, -0.2) is 8.42 Å². The number of terminal acetylenes is 1. The number of sulfonamides is 1. The van der Waals surface area contributed by atoms with E-state index < -0.39 is 10.0 Å². The Balaban J connectivity index is 3.38. The molecule has 0 amide bonds. The second-order valence-electron chi connectivity index (χ2n) is 4.21. The van der Waals surface area contributed by atoms with Crippen LogP contribution in [0, 0.1) is 26.2 Å². The van der Waals surface area contributed by atoms with Crippen LogP contribution in [0.2, 0.25) is 0 Å². The first-order valence-corrected chi connectivity index (χ1v) is 6.98. The molecule has 0 saturated heterocycles. The summed E-state index contributed by atoms with van der Waals surface area (Å²) < 4.78 is 25.8. The van der Waals surface area contributed by atoms with Gasteiger partial charge in [-0.05, 0) is 36.6 Å². The number of nitrogens with two attached hydrogens (primary N) is 1. The molecule has 98 valence electrons. The molecule has 0 spiro atoms. The van der Waals surface area contributed by atoms with Gasteiger partial charge >= 0.3 is 0 Å². The smallest absolute Gasteiger partial charge is 0.243 e. The molecule has 1 aromatic carbocycles. The lowest BCUT2D eigenvalue weighted by molar-refractivity contribution is 0.502. The summed E-state index contributed by atoms with van der Waals surface area (Å²) in [4.78, 5) is 0.270. The third-order valence-electron chi connectivity index (χ3n) is 2.86. The van der Waals surface area contributed by atoms with Gasteiger partial charge in [0.2, 0.25) is 10.0 Å². The van der Waals surface area contributed by atoms with Gasteiger partial charge < -0.3 is 5.73 Å². The minimum absolute atomic E-state index is 0.0492. The van der Waals surface area contributed by atoms with Crippen LogP contribution in [0.4, 0.5) is 0 Å². The average molecular weight is 266 g/mol. The van der Waals surface area contributed by atoms with E-state index in [1.807, 2.05) is 13.0 Å². The molecule has 1 aromatic rings. The molecule has 0 aliphatic heterocycles. The Kier molecular flexibility index (Phi) is 4.52. The molecule has 0 heterocycles. The highest BCUT2D eigenvalue weighted by Gasteiger charge is 2.22. The summed E-state index contributed by atoms with van der Waals surface area (Å²) in [5.74, 6) is 2.32. The van der Waals surface area contributed by atoms with Gasteiger partial charge in [0.05, 0.1) is 11.4 Å². The number of nitrogens with zero attached hydrogens (tertiary/aromatic N) is 1. The molecule has 2 N–H and O–H groups in total. The van der Waals surface area contributed by atoms with Crippen molar-refractivity contribution in [3.8, 4) is 12.3 Å². The van der Waals surface area contributed by atoms with E-state index in [1.54, 1.807) is 13.0 Å². The van der Waals surface area contributed by atoms with Gasteiger partial charge in [-0.2, -0.15) is 4.31 Å². The van der Waals surface area contributed by atoms with Crippen LogP contribution in [0.15, 0.2) is 17.0 Å². The highest BCUT2D eigenvalue weighted by atomic mass is 32.2. The summed E-state index contributed by atoms with van der Waals surface area (Å²) in [7, 11) is -2.08. The van der Waals surface area contributed by atoms with Crippen LogP contribution < -0.4 is 5.73 Å². The summed E-state index contributed by atoms with van der Waals surface area (Å²) in [6.07, 6.45) is 5.15. The minimum Gasteiger partial charge on any atom is -0.326 e. The maximum absolute atomic E-state index is 12.3. The molecule has 18 heavy (non-hydrogen) atoms. The Labute approximate surface area is 109 Å². The SMILES string of the molecule is C#CCN(C)S(=O)(=O)c1cc(CN)c(C)cc1C. The Bertz CT molecular complexity index is 586. The zero-order valence-electron chi connectivity index (χ0n) is 10.9. The summed E-state index contributed by atoms with van der Waals surface area (Å²) in [5.41, 5.74) is 8.13. The van der Waals surface area contributed by atoms with Crippen LogP contribution in [-0.4, -0.2) is 26.3 Å². The van der Waals surface area contributed by atoms with Crippen molar-refractivity contribution in [2.24, 2.45) is 5.73 Å². The molecular formula is C13H18N2O2S. The van der Waals surface area contributed by atoms with E-state index in [0.717, 1.165) is 15.4 Å². The second kappa shape index (κ2) is 5.53. The second-order valence-corrected chi connectivity index (χ2v) is 6.23. The van der Waals surface area contributed by atoms with Gasteiger partial charge in [-0.3, -0.25) is 0 Å². The molecule has 4 nitrogen and oxygen atoms in total. The third-order valence-corrected chi connectivity index (χ3v) is 4.80. The Morgan fingerprint density at radius 2 is 1.94 bits per heavy atom. The largest absolute Gasteiger partial charge is 0.326 e. The van der Waals surface area contributed by atoms with Crippen molar-refractivity contribution in [1.82, 2.24) is 4.31 Å². The van der Waals surface area contributed by atoms with Gasteiger partial charge in [-0.1, -0.05) is 12.0 Å². The maximum atomic E-state index is 12.3. The predicted octanol–water partition coefficient (Wildman–Crippen LogP) is 1.02. The number of aryl methyl sites for hydroxylation is 2. The van der Waals surface area contributed by atoms with Crippen LogP contribution >= 0.6 is 0 Å². The molecule has 0 atom stereocenters. The lowest BCUT2D eigenvalue weighted by atomic mass is 10.1. The number of benzene rings is 1. The predicted molar refractivity (Wildman–Crippen MR) is 72.5 cm³/mol. The van der Waals surface area contributed by atoms with Crippen LogP contribution in [0.25, 0.3) is 0 Å². The Morgan fingerprint density at radius 3 is 2.44 bits per heavy atom. The fourth-order valence-electron chi connectivity index (χ4n) is 1.75. The van der Waals surface area contributed by atoms with Crippen LogP contribution in [0.5, 0.6) is 0 Å². The Morgan fingerprint density at radius 1 is 1.33 bits per heavy atom. The summed E-state index contributed by atoms with van der Waals surface area (Å²) in [6, 6.07) is 3.46. The van der Waals surface area contributed by atoms with E-state index in [9.17, 15) is 8.42 Å². The van der Waals surface area contributed by atoms with Crippen molar-refractivity contribution in [1.29, 1.82) is 0 Å². The fourth-order valence-corrected chi connectivity index (χ4v) is 3.09. The monoisotopic (exact) mass is 266 g/mol. The highest BCUT2D eigenvalue weighted by Crippen LogP contribution is 2.22. The van der Waals surface area contributed by atoms with E-state index in [0.29, 0.717) is 12.1 Å². The summed E-state index contributed by atoms with van der Waals surface area (Å²) in [5, 5.41) is 0. The standard InChI is InChI=1S/C13H18N2O2S/c1-5-6-15(4)18(16,17)13-8-12(9-14)10(2)7-11(13)3/h1,7-8H,6,9,14H2,2-4H3. The van der Waals surface area contributed by atoms with E-state index >= 15 is 0 Å². The van der Waals surface area contributed by atoms with E-state index in [-0.39, 0.29) is 11.4 Å². The van der Waals surface area contributed by atoms with Crippen molar-refractivity contribution >= 4 is 10.0 Å². The van der Waals surface area contributed by atoms with E-state index in [2.05, 4.69) is 5.92 Å². The third kappa shape index (κ3) is 2.72. The minimum atomic E-state index is -3.55. The van der Waals surface area contributed by atoms with Crippen LogP contribution in [-0.2, 0) is 16.6 Å². The van der Waals surface area contributed by atoms with E-state index in [4.69, 9.17) is 12.2 Å². The van der Waals surface area contributed by atoms with Crippen molar-refractivity contribution in [2.45, 2.75) is 25.3 Å². The van der Waals surface area contributed by atoms with Crippen molar-refractivity contribution < 1.29 is 8.42 Å². The molecular weight excluding hydrogens is 248 g/mol.